The van der Waals surface area contributed by atoms with Crippen LogP contribution in [0.25, 0.3) is 5.69 Å². The molecule has 5 heteroatoms. The van der Waals surface area contributed by atoms with E-state index >= 15 is 0 Å². The largest absolute Gasteiger partial charge is 0.495 e. The van der Waals surface area contributed by atoms with Gasteiger partial charge in [0, 0.05) is 12.2 Å². The number of thioether (sulfide) groups is 1. The molecule has 1 heterocycles. The Balaban J connectivity index is 1.66. The molecule has 0 saturated carbocycles. The molecule has 0 amide bonds. The minimum absolute atomic E-state index is 0.848. The normalized spacial score (nSPS) is 10.9. The van der Waals surface area contributed by atoms with Crippen LogP contribution in [0.3, 0.4) is 0 Å². The van der Waals surface area contributed by atoms with Gasteiger partial charge in [0.05, 0.1) is 12.8 Å². The number of ether oxygens (including phenoxy) is 1. The second kappa shape index (κ2) is 10.2. The molecule has 0 N–H and O–H groups in total. The van der Waals surface area contributed by atoms with Gasteiger partial charge in [-0.05, 0) is 43.4 Å². The summed E-state index contributed by atoms with van der Waals surface area (Å²) in [4.78, 5) is 0. The van der Waals surface area contributed by atoms with Crippen molar-refractivity contribution in [1.82, 2.24) is 14.8 Å². The summed E-state index contributed by atoms with van der Waals surface area (Å²) in [5.74, 6) is 2.88. The first kappa shape index (κ1) is 19.5. The Morgan fingerprint density at radius 1 is 0.926 bits per heavy atom. The molecule has 142 valence electrons. The van der Waals surface area contributed by atoms with E-state index in [4.69, 9.17) is 4.74 Å². The molecule has 1 aromatic heterocycles. The summed E-state index contributed by atoms with van der Waals surface area (Å²) in [6.45, 7) is 2.16. The first-order valence-corrected chi connectivity index (χ1v) is 10.6. The molecular formula is C22H27N3OS. The fourth-order valence-corrected chi connectivity index (χ4v) is 4.04. The van der Waals surface area contributed by atoms with E-state index in [1.54, 1.807) is 18.9 Å². The highest BCUT2D eigenvalue weighted by molar-refractivity contribution is 7.99. The summed E-state index contributed by atoms with van der Waals surface area (Å²) < 4.78 is 7.72. The average Bonchev–Trinajstić information content (AvgIpc) is 3.11. The van der Waals surface area contributed by atoms with Crippen LogP contribution in [0.15, 0.2) is 59.8 Å². The van der Waals surface area contributed by atoms with Gasteiger partial charge in [-0.2, -0.15) is 0 Å². The average molecular weight is 382 g/mol. The van der Waals surface area contributed by atoms with Crippen molar-refractivity contribution in [2.45, 2.75) is 44.2 Å². The Morgan fingerprint density at radius 3 is 2.48 bits per heavy atom. The lowest BCUT2D eigenvalue weighted by atomic mass is 10.1. The summed E-state index contributed by atoms with van der Waals surface area (Å²) in [7, 11) is 1.71. The highest BCUT2D eigenvalue weighted by Gasteiger charge is 2.16. The van der Waals surface area contributed by atoms with Crippen molar-refractivity contribution in [1.29, 1.82) is 0 Å². The third-order valence-electron chi connectivity index (χ3n) is 4.43. The molecule has 4 nitrogen and oxygen atoms in total. The van der Waals surface area contributed by atoms with Crippen LogP contribution < -0.4 is 4.74 Å². The molecule has 0 aliphatic carbocycles. The molecular weight excluding hydrogens is 354 g/mol. The summed E-state index contributed by atoms with van der Waals surface area (Å²) in [6, 6.07) is 18.7. The van der Waals surface area contributed by atoms with Crippen molar-refractivity contribution < 1.29 is 4.74 Å². The van der Waals surface area contributed by atoms with E-state index in [9.17, 15) is 0 Å². The highest BCUT2D eigenvalue weighted by Crippen LogP contribution is 2.29. The van der Waals surface area contributed by atoms with Gasteiger partial charge in [0.25, 0.3) is 0 Å². The lowest BCUT2D eigenvalue weighted by Crippen LogP contribution is -2.05. The third-order valence-corrected chi connectivity index (χ3v) is 5.45. The zero-order valence-corrected chi connectivity index (χ0v) is 16.9. The maximum absolute atomic E-state index is 5.56. The smallest absolute Gasteiger partial charge is 0.195 e. The lowest BCUT2D eigenvalue weighted by molar-refractivity contribution is 0.411. The molecule has 0 aliphatic rings. The van der Waals surface area contributed by atoms with Crippen LogP contribution in [-0.2, 0) is 12.8 Å². The zero-order chi connectivity index (χ0) is 18.9. The standard InChI is InChI=1S/C22H27N3OS/c1-3-11-21-23-24-22(25(21)19-15-7-8-16-20(19)26-2)27-17-10-9-14-18-12-5-4-6-13-18/h4-8,12-13,15-16H,3,9-11,14,17H2,1-2H3. The summed E-state index contributed by atoms with van der Waals surface area (Å²) in [5.41, 5.74) is 2.42. The monoisotopic (exact) mass is 381 g/mol. The van der Waals surface area contributed by atoms with E-state index in [0.29, 0.717) is 0 Å². The molecule has 0 radical (unpaired) electrons. The van der Waals surface area contributed by atoms with Gasteiger partial charge >= 0.3 is 0 Å². The van der Waals surface area contributed by atoms with Gasteiger partial charge in [-0.3, -0.25) is 4.57 Å². The van der Waals surface area contributed by atoms with Gasteiger partial charge in [0.15, 0.2) is 5.16 Å². The number of aryl methyl sites for hydroxylation is 2. The molecule has 0 aliphatic heterocycles. The Labute approximate surface area is 166 Å². The summed E-state index contributed by atoms with van der Waals surface area (Å²) >= 11 is 1.78. The van der Waals surface area contributed by atoms with Crippen LogP contribution in [0.1, 0.15) is 37.6 Å². The van der Waals surface area contributed by atoms with Gasteiger partial charge in [-0.25, -0.2) is 0 Å². The van der Waals surface area contributed by atoms with Crippen molar-refractivity contribution in [3.05, 3.63) is 66.0 Å². The number of para-hydroxylation sites is 2. The van der Waals surface area contributed by atoms with Crippen LogP contribution >= 0.6 is 11.8 Å². The van der Waals surface area contributed by atoms with Crippen molar-refractivity contribution in [2.24, 2.45) is 0 Å². The molecule has 0 unspecified atom stereocenters. The predicted molar refractivity (Wildman–Crippen MR) is 112 cm³/mol. The quantitative estimate of drug-likeness (QED) is 0.351. The summed E-state index contributed by atoms with van der Waals surface area (Å²) in [6.07, 6.45) is 5.40. The van der Waals surface area contributed by atoms with Crippen molar-refractivity contribution in [3.8, 4) is 11.4 Å². The van der Waals surface area contributed by atoms with E-state index in [-0.39, 0.29) is 0 Å². The molecule has 27 heavy (non-hydrogen) atoms. The van der Waals surface area contributed by atoms with Crippen LogP contribution in [0, 0.1) is 0 Å². The molecule has 0 spiro atoms. The SMILES string of the molecule is CCCc1nnc(SCCCCc2ccccc2)n1-c1ccccc1OC. The van der Waals surface area contributed by atoms with E-state index in [2.05, 4.69) is 58.1 Å². The minimum Gasteiger partial charge on any atom is -0.495 e. The number of unbranched alkanes of at least 4 members (excludes halogenated alkanes) is 1. The van der Waals surface area contributed by atoms with Crippen LogP contribution in [0.4, 0.5) is 0 Å². The fourth-order valence-electron chi connectivity index (χ4n) is 3.08. The Morgan fingerprint density at radius 2 is 1.70 bits per heavy atom. The Kier molecular flexibility index (Phi) is 7.34. The Bertz CT molecular complexity index is 833. The molecule has 2 aromatic carbocycles. The third kappa shape index (κ3) is 5.13. The van der Waals surface area contributed by atoms with Crippen LogP contribution in [-0.4, -0.2) is 27.6 Å². The van der Waals surface area contributed by atoms with Crippen molar-refractivity contribution >= 4 is 11.8 Å². The topological polar surface area (TPSA) is 39.9 Å². The van der Waals surface area contributed by atoms with Crippen LogP contribution in [0.5, 0.6) is 5.75 Å². The van der Waals surface area contributed by atoms with Gasteiger partial charge in [0.2, 0.25) is 0 Å². The molecule has 0 atom stereocenters. The molecule has 3 aromatic rings. The van der Waals surface area contributed by atoms with E-state index < -0.39 is 0 Å². The first-order chi connectivity index (χ1) is 13.3. The number of hydrogen-bond donors (Lipinski definition) is 0. The van der Waals surface area contributed by atoms with E-state index in [0.717, 1.165) is 53.9 Å². The maximum Gasteiger partial charge on any atom is 0.195 e. The van der Waals surface area contributed by atoms with E-state index in [1.165, 1.54) is 12.0 Å². The van der Waals surface area contributed by atoms with Gasteiger partial charge < -0.3 is 4.74 Å². The van der Waals surface area contributed by atoms with Crippen LogP contribution in [0.2, 0.25) is 0 Å². The Hall–Kier alpha value is -2.27. The number of benzene rings is 2. The van der Waals surface area contributed by atoms with Crippen molar-refractivity contribution in [3.63, 3.8) is 0 Å². The highest BCUT2D eigenvalue weighted by atomic mass is 32.2. The van der Waals surface area contributed by atoms with Gasteiger partial charge in [0.1, 0.15) is 11.6 Å². The number of hydrogen-bond acceptors (Lipinski definition) is 4. The fraction of sp³-hybridized carbons (Fsp3) is 0.364. The van der Waals surface area contributed by atoms with E-state index in [1.807, 2.05) is 18.2 Å². The van der Waals surface area contributed by atoms with Gasteiger partial charge in [-0.15, -0.1) is 10.2 Å². The first-order valence-electron chi connectivity index (χ1n) is 9.58. The number of aromatic nitrogens is 3. The number of methoxy groups -OCH3 is 1. The number of rotatable bonds is 10. The van der Waals surface area contributed by atoms with Crippen molar-refractivity contribution in [2.75, 3.05) is 12.9 Å². The zero-order valence-electron chi connectivity index (χ0n) is 16.1. The lowest BCUT2D eigenvalue weighted by Gasteiger charge is -2.13. The molecule has 0 bridgehead atoms. The predicted octanol–water partition coefficient (Wildman–Crippen LogP) is 5.34. The minimum atomic E-state index is 0.848. The maximum atomic E-state index is 5.56. The molecule has 0 saturated heterocycles. The molecule has 3 rings (SSSR count). The van der Waals surface area contributed by atoms with Gasteiger partial charge in [-0.1, -0.05) is 61.2 Å². The molecule has 0 fully saturated rings. The number of nitrogens with zero attached hydrogens (tertiary/aromatic N) is 3. The summed E-state index contributed by atoms with van der Waals surface area (Å²) in [5, 5.41) is 9.85. The second-order valence-corrected chi connectivity index (χ2v) is 7.51. The second-order valence-electron chi connectivity index (χ2n) is 6.45.